The van der Waals surface area contributed by atoms with Crippen LogP contribution in [0, 0.1) is 0 Å². The van der Waals surface area contributed by atoms with Crippen molar-refractivity contribution in [1.29, 1.82) is 0 Å². The normalized spacial score (nSPS) is 18.6. The summed E-state index contributed by atoms with van der Waals surface area (Å²) in [7, 11) is 0. The number of ether oxygens (including phenoxy) is 1. The van der Waals surface area contributed by atoms with Crippen LogP contribution in [0.2, 0.25) is 5.02 Å². The van der Waals surface area contributed by atoms with Gasteiger partial charge >= 0.3 is 5.97 Å². The van der Waals surface area contributed by atoms with Gasteiger partial charge in [0.15, 0.2) is 0 Å². The predicted octanol–water partition coefficient (Wildman–Crippen LogP) is 5.98. The summed E-state index contributed by atoms with van der Waals surface area (Å²) in [6.07, 6.45) is -0.210. The Balaban J connectivity index is 1.80. The summed E-state index contributed by atoms with van der Waals surface area (Å²) < 4.78 is 5.30. The fraction of sp³-hybridized carbons (Fsp3) is 0.250. The van der Waals surface area contributed by atoms with Crippen LogP contribution in [0.5, 0.6) is 0 Å². The first-order valence-corrected chi connectivity index (χ1v) is 11.2. The summed E-state index contributed by atoms with van der Waals surface area (Å²) in [5, 5.41) is 5.08. The van der Waals surface area contributed by atoms with Crippen molar-refractivity contribution < 1.29 is 14.3 Å². The van der Waals surface area contributed by atoms with Crippen molar-refractivity contribution in [1.82, 2.24) is 0 Å². The minimum absolute atomic E-state index is 0.0116. The van der Waals surface area contributed by atoms with Crippen molar-refractivity contribution in [2.24, 2.45) is 0 Å². The monoisotopic (exact) mass is 439 g/mol. The van der Waals surface area contributed by atoms with E-state index >= 15 is 0 Å². The fourth-order valence-electron chi connectivity index (χ4n) is 3.70. The van der Waals surface area contributed by atoms with E-state index in [9.17, 15) is 9.59 Å². The van der Waals surface area contributed by atoms with Crippen LogP contribution in [0.15, 0.2) is 60.7 Å². The molecule has 0 bridgehead atoms. The van der Waals surface area contributed by atoms with Crippen LogP contribution in [-0.4, -0.2) is 23.2 Å². The SMILES string of the molecule is CC(C)OC(=O)CC1SC(c2cccc3ccccc23)c2cc(Cl)ccc2NC1=O. The zero-order valence-corrected chi connectivity index (χ0v) is 18.3. The second kappa shape index (κ2) is 8.70. The number of carbonyl (C=O) groups excluding carboxylic acids is 2. The van der Waals surface area contributed by atoms with Crippen molar-refractivity contribution >= 4 is 51.7 Å². The van der Waals surface area contributed by atoms with Gasteiger partial charge in [0.05, 0.1) is 23.0 Å². The van der Waals surface area contributed by atoms with E-state index < -0.39 is 5.25 Å². The average Bonchev–Trinajstić information content (AvgIpc) is 2.83. The van der Waals surface area contributed by atoms with Crippen molar-refractivity contribution in [2.45, 2.75) is 36.9 Å². The highest BCUT2D eigenvalue weighted by atomic mass is 35.5. The lowest BCUT2D eigenvalue weighted by molar-refractivity contribution is -0.148. The van der Waals surface area contributed by atoms with Gasteiger partial charge < -0.3 is 10.1 Å². The van der Waals surface area contributed by atoms with Gasteiger partial charge in [0.1, 0.15) is 0 Å². The number of carbonyl (C=O) groups is 2. The van der Waals surface area contributed by atoms with Crippen LogP contribution < -0.4 is 5.32 Å². The molecule has 0 aromatic heterocycles. The van der Waals surface area contributed by atoms with Crippen LogP contribution in [0.3, 0.4) is 0 Å². The molecule has 1 amide bonds. The first-order chi connectivity index (χ1) is 14.4. The minimum Gasteiger partial charge on any atom is -0.463 e. The standard InChI is InChI=1S/C24H22ClNO3S/c1-14(2)29-22(27)13-21-24(28)26-20-11-10-16(25)12-19(20)23(30-21)18-9-5-7-15-6-3-4-8-17(15)18/h3-12,14,21,23H,13H2,1-2H3,(H,26,28). The molecular formula is C24H22ClNO3S. The van der Waals surface area contributed by atoms with E-state index in [0.717, 1.165) is 27.6 Å². The Kier molecular flexibility index (Phi) is 6.02. The van der Waals surface area contributed by atoms with Gasteiger partial charge in [-0.1, -0.05) is 54.1 Å². The molecule has 3 aromatic carbocycles. The number of hydrogen-bond acceptors (Lipinski definition) is 4. The highest BCUT2D eigenvalue weighted by Gasteiger charge is 2.34. The van der Waals surface area contributed by atoms with Crippen molar-refractivity contribution in [3.05, 3.63) is 76.8 Å². The number of nitrogens with one attached hydrogen (secondary N) is 1. The molecule has 0 radical (unpaired) electrons. The Hall–Kier alpha value is -2.50. The molecule has 3 aromatic rings. The maximum Gasteiger partial charge on any atom is 0.307 e. The van der Waals surface area contributed by atoms with Crippen LogP contribution in [0.1, 0.15) is 36.6 Å². The molecule has 1 N–H and O–H groups in total. The summed E-state index contributed by atoms with van der Waals surface area (Å²) >= 11 is 7.78. The zero-order valence-electron chi connectivity index (χ0n) is 16.7. The van der Waals surface area contributed by atoms with Crippen LogP contribution in [-0.2, 0) is 14.3 Å². The maximum absolute atomic E-state index is 13.0. The number of hydrogen-bond donors (Lipinski definition) is 1. The van der Waals surface area contributed by atoms with Gasteiger partial charge in [-0.3, -0.25) is 9.59 Å². The lowest BCUT2D eigenvalue weighted by Crippen LogP contribution is -2.28. The molecule has 0 spiro atoms. The summed E-state index contributed by atoms with van der Waals surface area (Å²) in [4.78, 5) is 25.3. The summed E-state index contributed by atoms with van der Waals surface area (Å²) in [5.41, 5.74) is 2.73. The number of thioether (sulfide) groups is 1. The van der Waals surface area contributed by atoms with Gasteiger partial charge in [-0.05, 0) is 53.9 Å². The van der Waals surface area contributed by atoms with Crippen LogP contribution in [0.4, 0.5) is 5.69 Å². The predicted molar refractivity (Wildman–Crippen MR) is 123 cm³/mol. The van der Waals surface area contributed by atoms with Crippen LogP contribution in [0.25, 0.3) is 10.8 Å². The van der Waals surface area contributed by atoms with Crippen LogP contribution >= 0.6 is 23.4 Å². The number of amides is 1. The molecule has 2 atom stereocenters. The Labute approximate surface area is 184 Å². The summed E-state index contributed by atoms with van der Waals surface area (Å²) in [6, 6.07) is 19.8. The first kappa shape index (κ1) is 20.8. The molecule has 4 nitrogen and oxygen atoms in total. The topological polar surface area (TPSA) is 55.4 Å². The second-order valence-electron chi connectivity index (χ2n) is 7.54. The smallest absolute Gasteiger partial charge is 0.307 e. The fourth-order valence-corrected chi connectivity index (χ4v) is 5.32. The molecule has 0 saturated heterocycles. The molecule has 0 saturated carbocycles. The number of benzene rings is 3. The van der Waals surface area contributed by atoms with E-state index in [1.54, 1.807) is 19.9 Å². The Morgan fingerprint density at radius 3 is 2.67 bits per heavy atom. The third-order valence-electron chi connectivity index (χ3n) is 4.97. The number of rotatable bonds is 4. The van der Waals surface area contributed by atoms with E-state index in [4.69, 9.17) is 16.3 Å². The molecule has 1 aliphatic rings. The maximum atomic E-state index is 13.0. The van der Waals surface area contributed by atoms with Crippen molar-refractivity contribution in [3.63, 3.8) is 0 Å². The Morgan fingerprint density at radius 2 is 1.87 bits per heavy atom. The van der Waals surface area contributed by atoms with E-state index in [-0.39, 0.29) is 29.7 Å². The van der Waals surface area contributed by atoms with Gasteiger partial charge in [0, 0.05) is 10.7 Å². The van der Waals surface area contributed by atoms with Crippen molar-refractivity contribution in [3.8, 4) is 0 Å². The van der Waals surface area contributed by atoms with E-state index in [0.29, 0.717) is 5.02 Å². The lowest BCUT2D eigenvalue weighted by atomic mass is 9.97. The van der Waals surface area contributed by atoms with E-state index in [2.05, 4.69) is 29.6 Å². The molecule has 1 heterocycles. The van der Waals surface area contributed by atoms with Gasteiger partial charge in [0.25, 0.3) is 0 Å². The third kappa shape index (κ3) is 4.32. The average molecular weight is 440 g/mol. The van der Waals surface area contributed by atoms with Gasteiger partial charge in [-0.25, -0.2) is 0 Å². The summed E-state index contributed by atoms with van der Waals surface area (Å²) in [6.45, 7) is 3.60. The lowest BCUT2D eigenvalue weighted by Gasteiger charge is -2.22. The van der Waals surface area contributed by atoms with E-state index in [1.165, 1.54) is 11.8 Å². The quantitative estimate of drug-likeness (QED) is 0.508. The molecule has 2 unspecified atom stereocenters. The largest absolute Gasteiger partial charge is 0.463 e. The van der Waals surface area contributed by atoms with E-state index in [1.807, 2.05) is 30.3 Å². The Morgan fingerprint density at radius 1 is 1.10 bits per heavy atom. The molecule has 30 heavy (non-hydrogen) atoms. The Bertz CT molecular complexity index is 1110. The minimum atomic E-state index is -0.577. The third-order valence-corrected chi connectivity index (χ3v) is 6.70. The molecule has 4 rings (SSSR count). The number of anilines is 1. The van der Waals surface area contributed by atoms with Crippen molar-refractivity contribution in [2.75, 3.05) is 5.32 Å². The highest BCUT2D eigenvalue weighted by molar-refractivity contribution is 8.01. The van der Waals surface area contributed by atoms with Gasteiger partial charge in [-0.2, -0.15) is 0 Å². The van der Waals surface area contributed by atoms with Gasteiger partial charge in [-0.15, -0.1) is 11.8 Å². The molecule has 154 valence electrons. The molecule has 0 aliphatic carbocycles. The second-order valence-corrected chi connectivity index (χ2v) is 9.29. The van der Waals surface area contributed by atoms with Gasteiger partial charge in [0.2, 0.25) is 5.91 Å². The molecular weight excluding hydrogens is 418 g/mol. The zero-order chi connectivity index (χ0) is 21.3. The molecule has 1 aliphatic heterocycles. The number of halogens is 1. The number of esters is 1. The molecule has 0 fully saturated rings. The molecule has 6 heteroatoms. The first-order valence-electron chi connectivity index (χ1n) is 9.85. The number of fused-ring (bicyclic) bond motifs is 2. The summed E-state index contributed by atoms with van der Waals surface area (Å²) in [5.74, 6) is -0.578. The highest BCUT2D eigenvalue weighted by Crippen LogP contribution is 2.47.